The highest BCUT2D eigenvalue weighted by molar-refractivity contribution is 5.50. The molecule has 0 heterocycles. The molecule has 0 atom stereocenters. The fraction of sp³-hybridized carbons (Fsp3) is 0.273. The van der Waals surface area contributed by atoms with E-state index in [1.165, 1.54) is 0 Å². The standard InChI is InChI=1S/C11H12NO2/c1-2-6-14-11-5-3-4-9(8-13)10(11)7-12/h3-5,8,13H,2,6H2,1H3. The van der Waals surface area contributed by atoms with Crippen LogP contribution < -0.4 is 4.74 Å². The van der Waals surface area contributed by atoms with Gasteiger partial charge < -0.3 is 9.84 Å². The van der Waals surface area contributed by atoms with Crippen molar-refractivity contribution >= 4 is 0 Å². The first kappa shape index (κ1) is 10.6. The molecule has 0 bridgehead atoms. The van der Waals surface area contributed by atoms with Gasteiger partial charge in [0.1, 0.15) is 18.4 Å². The third kappa shape index (κ3) is 2.24. The van der Waals surface area contributed by atoms with Crippen LogP contribution in [0.4, 0.5) is 0 Å². The summed E-state index contributed by atoms with van der Waals surface area (Å²) >= 11 is 0. The second-order valence-electron chi connectivity index (χ2n) is 2.81. The molecule has 1 rings (SSSR count). The molecule has 3 heteroatoms. The minimum atomic E-state index is 0.378. The number of rotatable bonds is 4. The van der Waals surface area contributed by atoms with Gasteiger partial charge in [-0.3, -0.25) is 0 Å². The molecule has 0 aliphatic heterocycles. The predicted molar refractivity (Wildman–Crippen MR) is 52.3 cm³/mol. The molecule has 1 aromatic carbocycles. The van der Waals surface area contributed by atoms with Gasteiger partial charge in [-0.1, -0.05) is 19.1 Å². The zero-order valence-electron chi connectivity index (χ0n) is 8.03. The van der Waals surface area contributed by atoms with Crippen LogP contribution in [0.5, 0.6) is 5.75 Å². The predicted octanol–water partition coefficient (Wildman–Crippen LogP) is 2.23. The summed E-state index contributed by atoms with van der Waals surface area (Å²) in [6.45, 7) is 3.48. The molecule has 0 unspecified atom stereocenters. The Hall–Kier alpha value is -1.53. The largest absolute Gasteiger partial charge is 0.492 e. The summed E-state index contributed by atoms with van der Waals surface area (Å²) in [5.41, 5.74) is 0.865. The van der Waals surface area contributed by atoms with Crippen molar-refractivity contribution in [1.29, 1.82) is 5.26 Å². The van der Waals surface area contributed by atoms with Crippen LogP contribution >= 0.6 is 0 Å². The van der Waals surface area contributed by atoms with E-state index in [0.717, 1.165) is 13.0 Å². The average Bonchev–Trinajstić information content (AvgIpc) is 2.25. The first-order valence-corrected chi connectivity index (χ1v) is 4.46. The summed E-state index contributed by atoms with van der Waals surface area (Å²) in [5.74, 6) is 0.525. The number of ether oxygens (including phenoxy) is 1. The van der Waals surface area contributed by atoms with Crippen molar-refractivity contribution in [2.45, 2.75) is 13.3 Å². The molecule has 14 heavy (non-hydrogen) atoms. The maximum Gasteiger partial charge on any atom is 0.137 e. The molecule has 1 aromatic rings. The van der Waals surface area contributed by atoms with Crippen LogP contribution in [0.3, 0.4) is 0 Å². The highest BCUT2D eigenvalue weighted by Gasteiger charge is 2.07. The number of nitriles is 1. The van der Waals surface area contributed by atoms with E-state index >= 15 is 0 Å². The van der Waals surface area contributed by atoms with Crippen LogP contribution in [-0.2, 0) is 0 Å². The molecule has 0 saturated heterocycles. The van der Waals surface area contributed by atoms with Gasteiger partial charge in [0.05, 0.1) is 12.2 Å². The molecule has 1 N–H and O–H groups in total. The lowest BCUT2D eigenvalue weighted by Gasteiger charge is -2.08. The van der Waals surface area contributed by atoms with Gasteiger partial charge in [-0.05, 0) is 12.5 Å². The summed E-state index contributed by atoms with van der Waals surface area (Å²) in [5, 5.41) is 17.7. The molecule has 0 aliphatic carbocycles. The van der Waals surface area contributed by atoms with Crippen LogP contribution in [-0.4, -0.2) is 11.7 Å². The average molecular weight is 190 g/mol. The Bertz CT molecular complexity index is 342. The second-order valence-corrected chi connectivity index (χ2v) is 2.81. The van der Waals surface area contributed by atoms with Crippen LogP contribution in [0.25, 0.3) is 0 Å². The van der Waals surface area contributed by atoms with Crippen LogP contribution in [0.2, 0.25) is 0 Å². The van der Waals surface area contributed by atoms with Gasteiger partial charge in [0, 0.05) is 5.56 Å². The third-order valence-corrected chi connectivity index (χ3v) is 1.77. The molecule has 73 valence electrons. The molecule has 0 aliphatic rings. The van der Waals surface area contributed by atoms with Gasteiger partial charge >= 0.3 is 0 Å². The quantitative estimate of drug-likeness (QED) is 0.792. The number of hydrogen-bond acceptors (Lipinski definition) is 3. The first-order chi connectivity index (χ1) is 6.83. The molecule has 3 nitrogen and oxygen atoms in total. The maximum absolute atomic E-state index is 8.87. The van der Waals surface area contributed by atoms with Crippen molar-refractivity contribution in [2.75, 3.05) is 6.61 Å². The van der Waals surface area contributed by atoms with E-state index in [-0.39, 0.29) is 0 Å². The van der Waals surface area contributed by atoms with E-state index in [2.05, 4.69) is 0 Å². The number of hydrogen-bond donors (Lipinski definition) is 1. The van der Waals surface area contributed by atoms with Gasteiger partial charge in [0.2, 0.25) is 0 Å². The Labute approximate surface area is 83.6 Å². The Morgan fingerprint density at radius 2 is 2.36 bits per heavy atom. The van der Waals surface area contributed by atoms with Gasteiger partial charge in [0.25, 0.3) is 0 Å². The summed E-state index contributed by atoms with van der Waals surface area (Å²) < 4.78 is 5.37. The molecule has 0 amide bonds. The zero-order valence-corrected chi connectivity index (χ0v) is 8.03. The third-order valence-electron chi connectivity index (χ3n) is 1.77. The van der Waals surface area contributed by atoms with Crippen molar-refractivity contribution in [3.8, 4) is 11.8 Å². The number of aliphatic hydroxyl groups is 1. The Kier molecular flexibility index (Phi) is 3.96. The fourth-order valence-electron chi connectivity index (χ4n) is 1.11. The van der Waals surface area contributed by atoms with Gasteiger partial charge in [0.15, 0.2) is 0 Å². The van der Waals surface area contributed by atoms with E-state index in [4.69, 9.17) is 15.1 Å². The Balaban J connectivity index is 2.98. The minimum Gasteiger partial charge on any atom is -0.492 e. The molecule has 0 aromatic heterocycles. The van der Waals surface area contributed by atoms with Crippen molar-refractivity contribution in [3.63, 3.8) is 0 Å². The molecule has 0 saturated carbocycles. The minimum absolute atomic E-state index is 0.378. The smallest absolute Gasteiger partial charge is 0.137 e. The van der Waals surface area contributed by atoms with Gasteiger partial charge in [-0.2, -0.15) is 5.26 Å². The lowest BCUT2D eigenvalue weighted by atomic mass is 10.1. The van der Waals surface area contributed by atoms with E-state index in [0.29, 0.717) is 23.5 Å². The Morgan fingerprint density at radius 3 is 2.93 bits per heavy atom. The maximum atomic E-state index is 8.87. The molecular formula is C11H12NO2. The Morgan fingerprint density at radius 1 is 1.57 bits per heavy atom. The number of nitrogens with zero attached hydrogens (tertiary/aromatic N) is 1. The van der Waals surface area contributed by atoms with Crippen molar-refractivity contribution in [3.05, 3.63) is 35.9 Å². The van der Waals surface area contributed by atoms with Crippen LogP contribution in [0, 0.1) is 17.9 Å². The van der Waals surface area contributed by atoms with Gasteiger partial charge in [-0.15, -0.1) is 0 Å². The lowest BCUT2D eigenvalue weighted by Crippen LogP contribution is -1.99. The van der Waals surface area contributed by atoms with Crippen molar-refractivity contribution in [2.24, 2.45) is 0 Å². The monoisotopic (exact) mass is 190 g/mol. The van der Waals surface area contributed by atoms with Crippen molar-refractivity contribution in [1.82, 2.24) is 0 Å². The topological polar surface area (TPSA) is 53.2 Å². The van der Waals surface area contributed by atoms with Crippen LogP contribution in [0.1, 0.15) is 24.5 Å². The normalized spacial score (nSPS) is 9.50. The van der Waals surface area contributed by atoms with E-state index in [1.54, 1.807) is 18.2 Å². The molecular weight excluding hydrogens is 178 g/mol. The van der Waals surface area contributed by atoms with E-state index in [9.17, 15) is 0 Å². The van der Waals surface area contributed by atoms with E-state index < -0.39 is 0 Å². The molecule has 0 fully saturated rings. The summed E-state index contributed by atoms with van der Waals surface area (Å²) in [6.07, 6.45) is 0.887. The lowest BCUT2D eigenvalue weighted by molar-refractivity contribution is 0.315. The van der Waals surface area contributed by atoms with E-state index in [1.807, 2.05) is 13.0 Å². The fourth-order valence-corrected chi connectivity index (χ4v) is 1.11. The van der Waals surface area contributed by atoms with Crippen molar-refractivity contribution < 1.29 is 9.84 Å². The zero-order chi connectivity index (χ0) is 10.4. The highest BCUT2D eigenvalue weighted by Crippen LogP contribution is 2.22. The first-order valence-electron chi connectivity index (χ1n) is 4.46. The number of benzene rings is 1. The second kappa shape index (κ2) is 5.25. The van der Waals surface area contributed by atoms with Crippen LogP contribution in [0.15, 0.2) is 18.2 Å². The van der Waals surface area contributed by atoms with Gasteiger partial charge in [-0.25, -0.2) is 0 Å². The summed E-state index contributed by atoms with van der Waals surface area (Å²) in [4.78, 5) is 0. The molecule has 1 radical (unpaired) electrons. The SMILES string of the molecule is CCCOc1cccc([CH]O)c1C#N. The molecule has 0 spiro atoms. The summed E-state index contributed by atoms with van der Waals surface area (Å²) in [7, 11) is 0. The highest BCUT2D eigenvalue weighted by atomic mass is 16.5. The number of aliphatic hydroxyl groups excluding tert-OH is 1. The summed E-state index contributed by atoms with van der Waals surface area (Å²) in [6, 6.07) is 7.14.